The Morgan fingerprint density at radius 3 is 2.69 bits per heavy atom. The van der Waals surface area contributed by atoms with Crippen molar-refractivity contribution < 1.29 is 32.5 Å². The van der Waals surface area contributed by atoms with Gasteiger partial charge in [0.15, 0.2) is 17.5 Å². The number of hydrogen-bond donors (Lipinski definition) is 3. The average Bonchev–Trinajstić information content (AvgIpc) is 3.21. The van der Waals surface area contributed by atoms with E-state index in [1.807, 2.05) is 25.1 Å². The van der Waals surface area contributed by atoms with Gasteiger partial charge in [-0.3, -0.25) is 0 Å². The zero-order valence-corrected chi connectivity index (χ0v) is 19.6. The van der Waals surface area contributed by atoms with Crippen LogP contribution in [0, 0.1) is 0 Å². The number of aliphatic imine (C=N–C) groups is 1. The molecule has 0 saturated carbocycles. The minimum atomic E-state index is -4.45. The number of hydrogen-bond acceptors (Lipinski definition) is 5. The van der Waals surface area contributed by atoms with Crippen LogP contribution in [0.1, 0.15) is 18.1 Å². The maximum atomic E-state index is 12.8. The zero-order valence-electron chi connectivity index (χ0n) is 17.3. The smallest absolute Gasteiger partial charge is 0.416 e. The van der Waals surface area contributed by atoms with E-state index in [1.165, 1.54) is 12.1 Å². The molecule has 1 unspecified atom stereocenters. The second kappa shape index (κ2) is 12.0. The van der Waals surface area contributed by atoms with Crippen molar-refractivity contribution in [1.82, 2.24) is 10.6 Å². The maximum absolute atomic E-state index is 12.8. The van der Waals surface area contributed by atoms with E-state index in [9.17, 15) is 18.3 Å². The van der Waals surface area contributed by atoms with Gasteiger partial charge in [-0.15, -0.1) is 24.0 Å². The van der Waals surface area contributed by atoms with Gasteiger partial charge in [-0.2, -0.15) is 13.2 Å². The molecule has 11 heteroatoms. The van der Waals surface area contributed by atoms with Crippen LogP contribution in [0.15, 0.2) is 47.5 Å². The molecule has 7 nitrogen and oxygen atoms in total. The third-order valence-electron chi connectivity index (χ3n) is 4.31. The minimum absolute atomic E-state index is 0. The first-order valence-corrected chi connectivity index (χ1v) is 9.74. The van der Waals surface area contributed by atoms with E-state index in [1.54, 1.807) is 0 Å². The van der Waals surface area contributed by atoms with Gasteiger partial charge in [0.05, 0.1) is 12.1 Å². The number of aliphatic hydroxyl groups excluding tert-OH is 1. The Kier molecular flexibility index (Phi) is 9.69. The average molecular weight is 567 g/mol. The van der Waals surface area contributed by atoms with E-state index < -0.39 is 17.8 Å². The first-order valence-electron chi connectivity index (χ1n) is 9.74. The first kappa shape index (κ1) is 25.8. The van der Waals surface area contributed by atoms with Crippen molar-refractivity contribution in [2.24, 2.45) is 4.99 Å². The molecule has 0 fully saturated rings. The summed E-state index contributed by atoms with van der Waals surface area (Å²) in [6, 6.07) is 10.1. The van der Waals surface area contributed by atoms with Gasteiger partial charge in [0, 0.05) is 13.1 Å². The highest BCUT2D eigenvalue weighted by molar-refractivity contribution is 14.0. The number of alkyl halides is 3. The molecular formula is C21H25F3IN3O4. The van der Waals surface area contributed by atoms with Crippen LogP contribution in [-0.4, -0.2) is 43.7 Å². The van der Waals surface area contributed by atoms with Gasteiger partial charge in [0.25, 0.3) is 0 Å². The highest BCUT2D eigenvalue weighted by Gasteiger charge is 2.30. The predicted molar refractivity (Wildman–Crippen MR) is 124 cm³/mol. The molecular weight excluding hydrogens is 542 g/mol. The van der Waals surface area contributed by atoms with E-state index in [2.05, 4.69) is 15.6 Å². The van der Waals surface area contributed by atoms with Gasteiger partial charge in [0.2, 0.25) is 6.79 Å². The Morgan fingerprint density at radius 2 is 1.94 bits per heavy atom. The van der Waals surface area contributed by atoms with E-state index in [0.29, 0.717) is 30.5 Å². The number of rotatable bonds is 8. The van der Waals surface area contributed by atoms with Crippen LogP contribution in [0.25, 0.3) is 0 Å². The molecule has 1 aliphatic rings. The molecule has 3 N–H and O–H groups in total. The van der Waals surface area contributed by atoms with Gasteiger partial charge < -0.3 is 30.0 Å². The molecule has 0 bridgehead atoms. The fraction of sp³-hybridized carbons (Fsp3) is 0.381. The second-order valence-corrected chi connectivity index (χ2v) is 6.75. The summed E-state index contributed by atoms with van der Waals surface area (Å²) in [7, 11) is 0. The van der Waals surface area contributed by atoms with Gasteiger partial charge in [0.1, 0.15) is 18.5 Å². The third-order valence-corrected chi connectivity index (χ3v) is 4.31. The molecule has 0 aliphatic carbocycles. The normalized spacial score (nSPS) is 13.8. The lowest BCUT2D eigenvalue weighted by molar-refractivity contribution is -0.137. The quantitative estimate of drug-likeness (QED) is 0.257. The summed E-state index contributed by atoms with van der Waals surface area (Å²) in [6.07, 6.45) is -5.40. The predicted octanol–water partition coefficient (Wildman–Crippen LogP) is 3.55. The number of fused-ring (bicyclic) bond motifs is 1. The highest BCUT2D eigenvalue weighted by atomic mass is 127. The Labute approximate surface area is 201 Å². The van der Waals surface area contributed by atoms with Crippen LogP contribution in [0.4, 0.5) is 13.2 Å². The number of ether oxygens (including phenoxy) is 3. The molecule has 0 radical (unpaired) electrons. The molecule has 176 valence electrons. The molecule has 0 saturated heterocycles. The van der Waals surface area contributed by atoms with E-state index >= 15 is 0 Å². The lowest BCUT2D eigenvalue weighted by Crippen LogP contribution is -2.42. The molecule has 32 heavy (non-hydrogen) atoms. The van der Waals surface area contributed by atoms with Crippen molar-refractivity contribution in [2.75, 3.05) is 26.5 Å². The summed E-state index contributed by atoms with van der Waals surface area (Å²) in [5.41, 5.74) is 0.123. The standard InChI is InChI=1S/C21H24F3N3O4.HI/c1-2-25-20(26-10-14-6-7-18-19(8-14)31-13-30-18)27-11-16(28)12-29-17-5-3-4-15(9-17)21(22,23)24;/h3-9,16,28H,2,10-13H2,1H3,(H2,25,26,27);1H. The van der Waals surface area contributed by atoms with E-state index in [0.717, 1.165) is 17.7 Å². The number of nitrogens with zero attached hydrogens (tertiary/aromatic N) is 1. The number of halogens is 4. The van der Waals surface area contributed by atoms with Crippen molar-refractivity contribution in [3.05, 3.63) is 53.6 Å². The molecule has 1 aliphatic heterocycles. The lowest BCUT2D eigenvalue weighted by atomic mass is 10.2. The lowest BCUT2D eigenvalue weighted by Gasteiger charge is -2.16. The first-order chi connectivity index (χ1) is 14.8. The van der Waals surface area contributed by atoms with Crippen LogP contribution in [0.2, 0.25) is 0 Å². The summed E-state index contributed by atoms with van der Waals surface area (Å²) < 4.78 is 54.2. The number of benzene rings is 2. The Morgan fingerprint density at radius 1 is 1.16 bits per heavy atom. The number of nitrogens with one attached hydrogen (secondary N) is 2. The SMILES string of the molecule is CCNC(=NCc1ccc2c(c1)OCO2)NCC(O)COc1cccc(C(F)(F)F)c1.I. The number of guanidine groups is 1. The molecule has 0 aromatic heterocycles. The Balaban J connectivity index is 0.00000363. The van der Waals surface area contributed by atoms with Gasteiger partial charge in [-0.25, -0.2) is 4.99 Å². The van der Waals surface area contributed by atoms with Crippen molar-refractivity contribution in [3.63, 3.8) is 0 Å². The molecule has 1 heterocycles. The van der Waals surface area contributed by atoms with Crippen molar-refractivity contribution >= 4 is 29.9 Å². The van der Waals surface area contributed by atoms with E-state index in [-0.39, 0.29) is 49.7 Å². The van der Waals surface area contributed by atoms with Crippen molar-refractivity contribution in [2.45, 2.75) is 25.7 Å². The van der Waals surface area contributed by atoms with Crippen LogP contribution in [-0.2, 0) is 12.7 Å². The largest absolute Gasteiger partial charge is 0.491 e. The molecule has 1 atom stereocenters. The van der Waals surface area contributed by atoms with Gasteiger partial charge >= 0.3 is 6.18 Å². The monoisotopic (exact) mass is 567 g/mol. The minimum Gasteiger partial charge on any atom is -0.491 e. The fourth-order valence-corrected chi connectivity index (χ4v) is 2.78. The van der Waals surface area contributed by atoms with Crippen molar-refractivity contribution in [3.8, 4) is 17.2 Å². The molecule has 2 aromatic rings. The highest BCUT2D eigenvalue weighted by Crippen LogP contribution is 2.33. The second-order valence-electron chi connectivity index (χ2n) is 6.75. The Hall–Kier alpha value is -2.41. The summed E-state index contributed by atoms with van der Waals surface area (Å²) in [4.78, 5) is 4.46. The molecule has 2 aromatic carbocycles. The third kappa shape index (κ3) is 7.62. The molecule has 0 spiro atoms. The van der Waals surface area contributed by atoms with Crippen LogP contribution >= 0.6 is 24.0 Å². The summed E-state index contributed by atoms with van der Waals surface area (Å²) in [5, 5.41) is 16.2. The fourth-order valence-electron chi connectivity index (χ4n) is 2.78. The number of aliphatic hydroxyl groups is 1. The van der Waals surface area contributed by atoms with Crippen LogP contribution in [0.5, 0.6) is 17.2 Å². The topological polar surface area (TPSA) is 84.3 Å². The van der Waals surface area contributed by atoms with Crippen LogP contribution in [0.3, 0.4) is 0 Å². The molecule has 0 amide bonds. The molecule has 3 rings (SSSR count). The van der Waals surface area contributed by atoms with Gasteiger partial charge in [-0.1, -0.05) is 12.1 Å². The summed E-state index contributed by atoms with van der Waals surface area (Å²) in [5.74, 6) is 1.89. The van der Waals surface area contributed by atoms with Gasteiger partial charge in [-0.05, 0) is 42.8 Å². The maximum Gasteiger partial charge on any atom is 0.416 e. The van der Waals surface area contributed by atoms with Crippen LogP contribution < -0.4 is 24.8 Å². The van der Waals surface area contributed by atoms with Crippen molar-refractivity contribution in [1.29, 1.82) is 0 Å². The Bertz CT molecular complexity index is 912. The summed E-state index contributed by atoms with van der Waals surface area (Å²) in [6.45, 7) is 3.03. The zero-order chi connectivity index (χ0) is 22.3. The summed E-state index contributed by atoms with van der Waals surface area (Å²) >= 11 is 0. The van der Waals surface area contributed by atoms with E-state index in [4.69, 9.17) is 14.2 Å².